The van der Waals surface area contributed by atoms with Gasteiger partial charge in [-0.3, -0.25) is 0 Å². The van der Waals surface area contributed by atoms with Gasteiger partial charge in [-0.15, -0.1) is 0 Å². The van der Waals surface area contributed by atoms with Gasteiger partial charge in [-0.25, -0.2) is 0 Å². The number of nitrogens with two attached hydrogens (primary N) is 1. The van der Waals surface area contributed by atoms with Crippen molar-refractivity contribution in [1.29, 1.82) is 0 Å². The van der Waals surface area contributed by atoms with E-state index in [1.54, 1.807) is 13.2 Å². The molecule has 1 aromatic carbocycles. The number of methoxy groups -OCH3 is 1. The lowest BCUT2D eigenvalue weighted by Crippen LogP contribution is -2.37. The SMILES string of the molecule is COC1COc2c(Cl)cccc2C1N. The molecule has 1 aromatic rings. The Morgan fingerprint density at radius 1 is 1.57 bits per heavy atom. The molecule has 0 spiro atoms. The summed E-state index contributed by atoms with van der Waals surface area (Å²) < 4.78 is 10.7. The third-order valence-corrected chi connectivity index (χ3v) is 2.75. The minimum atomic E-state index is -0.164. The zero-order valence-corrected chi connectivity index (χ0v) is 8.62. The van der Waals surface area contributed by atoms with E-state index < -0.39 is 0 Å². The molecule has 0 radical (unpaired) electrons. The summed E-state index contributed by atoms with van der Waals surface area (Å²) >= 11 is 5.98. The molecule has 2 atom stereocenters. The molecule has 2 N–H and O–H groups in total. The molecule has 4 heteroatoms. The number of para-hydroxylation sites is 1. The number of fused-ring (bicyclic) bond motifs is 1. The Balaban J connectivity index is 2.41. The van der Waals surface area contributed by atoms with Crippen molar-refractivity contribution in [2.75, 3.05) is 13.7 Å². The molecule has 2 rings (SSSR count). The second-order valence-electron chi connectivity index (χ2n) is 3.27. The predicted octanol–water partition coefficient (Wildman–Crippen LogP) is 1.75. The van der Waals surface area contributed by atoms with Crippen LogP contribution >= 0.6 is 11.6 Å². The van der Waals surface area contributed by atoms with Gasteiger partial charge in [-0.2, -0.15) is 0 Å². The lowest BCUT2D eigenvalue weighted by atomic mass is 9.99. The molecule has 0 fully saturated rings. The van der Waals surface area contributed by atoms with Gasteiger partial charge in [0.05, 0.1) is 11.1 Å². The molecule has 0 saturated carbocycles. The van der Waals surface area contributed by atoms with E-state index in [2.05, 4.69) is 0 Å². The first kappa shape index (κ1) is 9.77. The number of rotatable bonds is 1. The van der Waals surface area contributed by atoms with Crippen molar-refractivity contribution in [2.24, 2.45) is 5.73 Å². The van der Waals surface area contributed by atoms with Crippen LogP contribution in [-0.4, -0.2) is 19.8 Å². The van der Waals surface area contributed by atoms with Gasteiger partial charge in [0.1, 0.15) is 18.5 Å². The largest absolute Gasteiger partial charge is 0.489 e. The van der Waals surface area contributed by atoms with Crippen LogP contribution in [0, 0.1) is 0 Å². The second-order valence-corrected chi connectivity index (χ2v) is 3.68. The van der Waals surface area contributed by atoms with Crippen LogP contribution < -0.4 is 10.5 Å². The highest BCUT2D eigenvalue weighted by molar-refractivity contribution is 6.32. The average Bonchev–Trinajstić information content (AvgIpc) is 2.20. The van der Waals surface area contributed by atoms with Gasteiger partial charge in [0, 0.05) is 12.7 Å². The number of ether oxygens (including phenoxy) is 2. The zero-order chi connectivity index (χ0) is 10.1. The van der Waals surface area contributed by atoms with Crippen molar-refractivity contribution in [3.8, 4) is 5.75 Å². The zero-order valence-electron chi connectivity index (χ0n) is 7.87. The van der Waals surface area contributed by atoms with Crippen LogP contribution in [0.2, 0.25) is 5.02 Å². The first-order valence-corrected chi connectivity index (χ1v) is 4.81. The maximum absolute atomic E-state index is 6.01. The molecule has 0 saturated heterocycles. The maximum atomic E-state index is 6.01. The fraction of sp³-hybridized carbons (Fsp3) is 0.400. The Labute approximate surface area is 87.8 Å². The second kappa shape index (κ2) is 3.77. The summed E-state index contributed by atoms with van der Waals surface area (Å²) in [5.74, 6) is 0.690. The molecule has 0 aromatic heterocycles. The number of hydrogen-bond donors (Lipinski definition) is 1. The molecular formula is C10H12ClNO2. The first-order valence-electron chi connectivity index (χ1n) is 4.43. The summed E-state index contributed by atoms with van der Waals surface area (Å²) in [5, 5.41) is 0.604. The summed E-state index contributed by atoms with van der Waals surface area (Å²) in [7, 11) is 1.63. The minimum Gasteiger partial charge on any atom is -0.489 e. The van der Waals surface area contributed by atoms with E-state index in [-0.39, 0.29) is 12.1 Å². The third-order valence-electron chi connectivity index (χ3n) is 2.45. The quantitative estimate of drug-likeness (QED) is 0.773. The van der Waals surface area contributed by atoms with Crippen molar-refractivity contribution in [1.82, 2.24) is 0 Å². The van der Waals surface area contributed by atoms with E-state index in [1.807, 2.05) is 12.1 Å². The average molecular weight is 214 g/mol. The van der Waals surface area contributed by atoms with Crippen LogP contribution in [-0.2, 0) is 4.74 Å². The molecule has 3 nitrogen and oxygen atoms in total. The van der Waals surface area contributed by atoms with Gasteiger partial charge in [0.2, 0.25) is 0 Å². The standard InChI is InChI=1S/C10H12ClNO2/c1-13-8-5-14-10-6(9(8)12)3-2-4-7(10)11/h2-4,8-9H,5,12H2,1H3. The van der Waals surface area contributed by atoms with E-state index in [0.717, 1.165) is 5.56 Å². The van der Waals surface area contributed by atoms with Gasteiger partial charge in [-0.05, 0) is 6.07 Å². The van der Waals surface area contributed by atoms with Crippen LogP contribution in [0.25, 0.3) is 0 Å². The number of hydrogen-bond acceptors (Lipinski definition) is 3. The van der Waals surface area contributed by atoms with Crippen LogP contribution in [0.5, 0.6) is 5.75 Å². The van der Waals surface area contributed by atoms with Crippen molar-refractivity contribution in [2.45, 2.75) is 12.1 Å². The van der Waals surface area contributed by atoms with E-state index >= 15 is 0 Å². The predicted molar refractivity (Wildman–Crippen MR) is 54.7 cm³/mol. The summed E-state index contributed by atoms with van der Waals surface area (Å²) in [6.45, 7) is 0.453. The molecule has 14 heavy (non-hydrogen) atoms. The molecule has 1 heterocycles. The highest BCUT2D eigenvalue weighted by atomic mass is 35.5. The van der Waals surface area contributed by atoms with Gasteiger partial charge in [0.15, 0.2) is 0 Å². The van der Waals surface area contributed by atoms with Gasteiger partial charge < -0.3 is 15.2 Å². The molecule has 2 unspecified atom stereocenters. The number of benzene rings is 1. The van der Waals surface area contributed by atoms with Crippen LogP contribution in [0.15, 0.2) is 18.2 Å². The van der Waals surface area contributed by atoms with Crippen molar-refractivity contribution in [3.63, 3.8) is 0 Å². The summed E-state index contributed by atoms with van der Waals surface area (Å²) in [5.41, 5.74) is 6.92. The highest BCUT2D eigenvalue weighted by Gasteiger charge is 2.28. The van der Waals surface area contributed by atoms with Crippen molar-refractivity contribution < 1.29 is 9.47 Å². The molecule has 76 valence electrons. The van der Waals surface area contributed by atoms with E-state index in [0.29, 0.717) is 17.4 Å². The van der Waals surface area contributed by atoms with Crippen molar-refractivity contribution >= 4 is 11.6 Å². The fourth-order valence-electron chi connectivity index (χ4n) is 1.62. The highest BCUT2D eigenvalue weighted by Crippen LogP contribution is 2.37. The lowest BCUT2D eigenvalue weighted by Gasteiger charge is -2.30. The minimum absolute atomic E-state index is 0.0963. The van der Waals surface area contributed by atoms with E-state index in [9.17, 15) is 0 Å². The fourth-order valence-corrected chi connectivity index (χ4v) is 1.86. The summed E-state index contributed by atoms with van der Waals surface area (Å²) in [4.78, 5) is 0. The van der Waals surface area contributed by atoms with E-state index in [4.69, 9.17) is 26.8 Å². The van der Waals surface area contributed by atoms with Crippen LogP contribution in [0.1, 0.15) is 11.6 Å². The normalized spacial score (nSPS) is 25.4. The Kier molecular flexibility index (Phi) is 2.63. The third kappa shape index (κ3) is 1.47. The van der Waals surface area contributed by atoms with Crippen LogP contribution in [0.3, 0.4) is 0 Å². The maximum Gasteiger partial charge on any atom is 0.142 e. The molecule has 0 aliphatic carbocycles. The molecule has 1 aliphatic rings. The van der Waals surface area contributed by atoms with E-state index in [1.165, 1.54) is 0 Å². The van der Waals surface area contributed by atoms with Crippen molar-refractivity contribution in [3.05, 3.63) is 28.8 Å². The van der Waals surface area contributed by atoms with Gasteiger partial charge >= 0.3 is 0 Å². The first-order chi connectivity index (χ1) is 6.74. The molecule has 0 amide bonds. The van der Waals surface area contributed by atoms with Gasteiger partial charge in [0.25, 0.3) is 0 Å². The molecular weight excluding hydrogens is 202 g/mol. The lowest BCUT2D eigenvalue weighted by molar-refractivity contribution is 0.0260. The Morgan fingerprint density at radius 3 is 3.07 bits per heavy atom. The smallest absolute Gasteiger partial charge is 0.142 e. The molecule has 1 aliphatic heterocycles. The topological polar surface area (TPSA) is 44.5 Å². The Morgan fingerprint density at radius 2 is 2.36 bits per heavy atom. The van der Waals surface area contributed by atoms with Gasteiger partial charge in [-0.1, -0.05) is 23.7 Å². The Hall–Kier alpha value is -0.770. The monoisotopic (exact) mass is 213 g/mol. The number of halogens is 1. The molecule has 0 bridgehead atoms. The summed E-state index contributed by atoms with van der Waals surface area (Å²) in [6, 6.07) is 5.40. The van der Waals surface area contributed by atoms with Crippen LogP contribution in [0.4, 0.5) is 0 Å². The summed E-state index contributed by atoms with van der Waals surface area (Å²) in [6.07, 6.45) is -0.0963. The Bertz CT molecular complexity index is 343.